The van der Waals surface area contributed by atoms with Crippen LogP contribution in [0, 0.1) is 0 Å². The SMILES string of the molecule is CCOP(=O)(OCC)[C@@H]1CC[C@H](Cn2cnc3c(Cl)ncnc32)O1. The van der Waals surface area contributed by atoms with Crippen molar-refractivity contribution < 1.29 is 18.3 Å². The molecule has 0 saturated carbocycles. The van der Waals surface area contributed by atoms with Crippen molar-refractivity contribution in [1.82, 2.24) is 19.5 Å². The fourth-order valence-corrected chi connectivity index (χ4v) is 4.91. The molecule has 3 heterocycles. The van der Waals surface area contributed by atoms with Crippen molar-refractivity contribution >= 4 is 30.4 Å². The van der Waals surface area contributed by atoms with Crippen LogP contribution >= 0.6 is 19.2 Å². The van der Waals surface area contributed by atoms with E-state index in [9.17, 15) is 4.57 Å². The van der Waals surface area contributed by atoms with E-state index in [1.165, 1.54) is 6.33 Å². The van der Waals surface area contributed by atoms with Crippen molar-refractivity contribution in [2.45, 2.75) is 45.2 Å². The molecule has 1 fully saturated rings. The molecule has 0 bridgehead atoms. The molecule has 10 heteroatoms. The zero-order valence-electron chi connectivity index (χ0n) is 13.6. The second-order valence-electron chi connectivity index (χ2n) is 5.40. The molecule has 0 aromatic carbocycles. The fourth-order valence-electron chi connectivity index (χ4n) is 2.82. The van der Waals surface area contributed by atoms with Crippen LogP contribution in [0.4, 0.5) is 0 Å². The van der Waals surface area contributed by atoms with Gasteiger partial charge in [0.2, 0.25) is 0 Å². The Balaban J connectivity index is 1.71. The third-order valence-electron chi connectivity index (χ3n) is 3.81. The van der Waals surface area contributed by atoms with Crippen molar-refractivity contribution in [3.63, 3.8) is 0 Å². The molecule has 24 heavy (non-hydrogen) atoms. The Bertz CT molecular complexity index is 745. The highest BCUT2D eigenvalue weighted by atomic mass is 35.5. The van der Waals surface area contributed by atoms with Crippen LogP contribution in [-0.2, 0) is 24.9 Å². The number of fused-ring (bicyclic) bond motifs is 1. The lowest BCUT2D eigenvalue weighted by molar-refractivity contribution is 0.0520. The summed E-state index contributed by atoms with van der Waals surface area (Å²) < 4.78 is 31.4. The lowest BCUT2D eigenvalue weighted by Gasteiger charge is -2.23. The third-order valence-corrected chi connectivity index (χ3v) is 6.41. The van der Waals surface area contributed by atoms with E-state index in [4.69, 9.17) is 25.4 Å². The van der Waals surface area contributed by atoms with Gasteiger partial charge in [-0.25, -0.2) is 15.0 Å². The number of hydrogen-bond donors (Lipinski definition) is 0. The van der Waals surface area contributed by atoms with Crippen LogP contribution in [0.2, 0.25) is 5.15 Å². The van der Waals surface area contributed by atoms with Crippen molar-refractivity contribution in [3.05, 3.63) is 17.8 Å². The predicted molar refractivity (Wildman–Crippen MR) is 89.1 cm³/mol. The molecule has 0 amide bonds. The van der Waals surface area contributed by atoms with E-state index in [2.05, 4.69) is 15.0 Å². The van der Waals surface area contributed by atoms with Crippen molar-refractivity contribution in [2.24, 2.45) is 0 Å². The molecule has 0 N–H and O–H groups in total. The number of aromatic nitrogens is 4. The first kappa shape index (κ1) is 17.8. The van der Waals surface area contributed by atoms with Crippen LogP contribution in [0.1, 0.15) is 26.7 Å². The van der Waals surface area contributed by atoms with E-state index >= 15 is 0 Å². The van der Waals surface area contributed by atoms with Crippen LogP contribution in [0.3, 0.4) is 0 Å². The monoisotopic (exact) mass is 374 g/mol. The molecule has 2 aromatic heterocycles. The summed E-state index contributed by atoms with van der Waals surface area (Å²) in [4.78, 5) is 12.4. The van der Waals surface area contributed by atoms with Crippen molar-refractivity contribution in [3.8, 4) is 0 Å². The van der Waals surface area contributed by atoms with E-state index < -0.39 is 13.4 Å². The van der Waals surface area contributed by atoms with Gasteiger partial charge < -0.3 is 18.4 Å². The minimum absolute atomic E-state index is 0.115. The number of imidazole rings is 1. The van der Waals surface area contributed by atoms with Gasteiger partial charge in [0, 0.05) is 0 Å². The maximum atomic E-state index is 12.8. The summed E-state index contributed by atoms with van der Waals surface area (Å²) >= 11 is 6.01. The van der Waals surface area contributed by atoms with Gasteiger partial charge in [0.15, 0.2) is 16.6 Å². The molecular weight excluding hydrogens is 355 g/mol. The molecular formula is C14H20ClN4O4P. The molecule has 0 aliphatic carbocycles. The highest BCUT2D eigenvalue weighted by molar-refractivity contribution is 7.54. The Labute approximate surface area is 145 Å². The lowest BCUT2D eigenvalue weighted by atomic mass is 10.2. The predicted octanol–water partition coefficient (Wildman–Crippen LogP) is 3.25. The normalized spacial score (nSPS) is 21.6. The van der Waals surface area contributed by atoms with Gasteiger partial charge in [0.1, 0.15) is 11.8 Å². The number of nitrogens with zero attached hydrogens (tertiary/aromatic N) is 4. The lowest BCUT2D eigenvalue weighted by Crippen LogP contribution is -2.19. The highest BCUT2D eigenvalue weighted by Gasteiger charge is 2.42. The van der Waals surface area contributed by atoms with Crippen LogP contribution in [0.25, 0.3) is 11.2 Å². The molecule has 0 radical (unpaired) electrons. The highest BCUT2D eigenvalue weighted by Crippen LogP contribution is 2.57. The minimum atomic E-state index is -3.24. The number of hydrogen-bond acceptors (Lipinski definition) is 7. The molecule has 8 nitrogen and oxygen atoms in total. The second-order valence-corrected chi connectivity index (χ2v) is 7.93. The van der Waals surface area contributed by atoms with Gasteiger partial charge in [-0.15, -0.1) is 0 Å². The van der Waals surface area contributed by atoms with E-state index in [0.717, 1.165) is 6.42 Å². The Hall–Kier alpha value is -1.05. The Morgan fingerprint density at radius 2 is 2.04 bits per heavy atom. The van der Waals surface area contributed by atoms with Gasteiger partial charge in [-0.3, -0.25) is 4.57 Å². The van der Waals surface area contributed by atoms with Crippen LogP contribution in [0.15, 0.2) is 12.7 Å². The summed E-state index contributed by atoms with van der Waals surface area (Å²) in [5, 5.41) is 0.321. The van der Waals surface area contributed by atoms with E-state index in [1.807, 2.05) is 4.57 Å². The summed E-state index contributed by atoms with van der Waals surface area (Å²) in [7, 11) is -3.24. The topological polar surface area (TPSA) is 88.4 Å². The zero-order valence-corrected chi connectivity index (χ0v) is 15.2. The Morgan fingerprint density at radius 3 is 2.75 bits per heavy atom. The summed E-state index contributed by atoms with van der Waals surface area (Å²) in [6.07, 6.45) is 4.33. The van der Waals surface area contributed by atoms with Crippen LogP contribution < -0.4 is 0 Å². The van der Waals surface area contributed by atoms with Crippen molar-refractivity contribution in [2.75, 3.05) is 13.2 Å². The van der Waals surface area contributed by atoms with E-state index in [-0.39, 0.29) is 6.10 Å². The van der Waals surface area contributed by atoms with Gasteiger partial charge in [0.05, 0.1) is 32.2 Å². The first-order valence-corrected chi connectivity index (χ1v) is 9.92. The molecule has 2 atom stereocenters. The van der Waals surface area contributed by atoms with Gasteiger partial charge in [-0.1, -0.05) is 11.6 Å². The summed E-state index contributed by atoms with van der Waals surface area (Å²) in [6.45, 7) is 4.77. The van der Waals surface area contributed by atoms with Gasteiger partial charge in [0.25, 0.3) is 0 Å². The van der Waals surface area contributed by atoms with Gasteiger partial charge in [-0.05, 0) is 26.7 Å². The maximum Gasteiger partial charge on any atom is 0.359 e. The van der Waals surface area contributed by atoms with E-state index in [0.29, 0.717) is 42.5 Å². The molecule has 132 valence electrons. The molecule has 3 rings (SSSR count). The average Bonchev–Trinajstić information content (AvgIpc) is 3.17. The Kier molecular flexibility index (Phi) is 5.52. The first-order chi connectivity index (χ1) is 11.6. The second kappa shape index (κ2) is 7.45. The van der Waals surface area contributed by atoms with Crippen LogP contribution in [-0.4, -0.2) is 44.7 Å². The molecule has 0 spiro atoms. The average molecular weight is 375 g/mol. The first-order valence-electron chi connectivity index (χ1n) is 7.93. The summed E-state index contributed by atoms with van der Waals surface area (Å²) in [5.74, 6) is -0.532. The zero-order chi connectivity index (χ0) is 17.2. The summed E-state index contributed by atoms with van der Waals surface area (Å²) in [6, 6.07) is 0. The molecule has 1 aliphatic heterocycles. The third kappa shape index (κ3) is 3.48. The van der Waals surface area contributed by atoms with Crippen molar-refractivity contribution in [1.29, 1.82) is 0 Å². The summed E-state index contributed by atoms with van der Waals surface area (Å²) in [5.41, 5.74) is 1.21. The smallest absolute Gasteiger partial charge is 0.359 e. The molecule has 0 unspecified atom stereocenters. The van der Waals surface area contributed by atoms with E-state index in [1.54, 1.807) is 20.2 Å². The minimum Gasteiger partial charge on any atom is -0.360 e. The fraction of sp³-hybridized carbons (Fsp3) is 0.643. The van der Waals surface area contributed by atoms with Gasteiger partial charge >= 0.3 is 7.60 Å². The molecule has 1 aliphatic rings. The van der Waals surface area contributed by atoms with Crippen LogP contribution in [0.5, 0.6) is 0 Å². The largest absolute Gasteiger partial charge is 0.360 e. The number of halogens is 1. The Morgan fingerprint density at radius 1 is 1.29 bits per heavy atom. The standard InChI is InChI=1S/C14H20ClN4O4P/c1-3-21-24(20,22-4-2)11-6-5-10(23-11)7-19-9-18-12-13(15)16-8-17-14(12)19/h8-11H,3-7H2,1-2H3/t10-,11-/m1/s1. The molecule has 1 saturated heterocycles. The maximum absolute atomic E-state index is 12.8. The molecule has 2 aromatic rings. The van der Waals surface area contributed by atoms with Gasteiger partial charge in [-0.2, -0.15) is 0 Å². The number of ether oxygens (including phenoxy) is 1. The quantitative estimate of drug-likeness (QED) is 0.543. The number of rotatable bonds is 7.